The lowest BCUT2D eigenvalue weighted by Gasteiger charge is -2.12. The molecule has 1 aromatic heterocycles. The number of nitrogens with one attached hydrogen (secondary N) is 2. The van der Waals surface area contributed by atoms with Crippen molar-refractivity contribution in [2.24, 2.45) is 0 Å². The van der Waals surface area contributed by atoms with Gasteiger partial charge in [-0.25, -0.2) is 4.79 Å². The molecule has 2 aromatic rings. The third kappa shape index (κ3) is 4.54. The molecule has 7 heteroatoms. The van der Waals surface area contributed by atoms with E-state index < -0.39 is 5.97 Å². The molecule has 7 nitrogen and oxygen atoms in total. The fourth-order valence-corrected chi connectivity index (χ4v) is 2.07. The third-order valence-corrected chi connectivity index (χ3v) is 3.23. The highest BCUT2D eigenvalue weighted by molar-refractivity contribution is 5.98. The van der Waals surface area contributed by atoms with E-state index in [1.54, 1.807) is 31.5 Å². The number of pyridine rings is 1. The number of nitrogens with zero attached hydrogens (tertiary/aromatic N) is 2. The zero-order chi connectivity index (χ0) is 18.4. The van der Waals surface area contributed by atoms with E-state index in [1.807, 2.05) is 19.9 Å². The fourth-order valence-electron chi connectivity index (χ4n) is 2.07. The summed E-state index contributed by atoms with van der Waals surface area (Å²) >= 11 is 0. The molecule has 0 fully saturated rings. The number of carbonyl (C=O) groups excluding carboxylic acids is 1. The molecule has 0 unspecified atom stereocenters. The topological polar surface area (TPSA) is 108 Å². The van der Waals surface area contributed by atoms with E-state index in [0.29, 0.717) is 11.3 Å². The minimum absolute atomic E-state index is 0.0616. The van der Waals surface area contributed by atoms with Gasteiger partial charge in [-0.05, 0) is 50.6 Å². The second kappa shape index (κ2) is 7.93. The standard InChI is InChI=1S/C18H18N4O3/c1-11(2)24-16-5-4-13(8-14(16)9-19)18(23)25-22-17(20)15-6-7-21-10-12(15)3/h4-8,10-11H,1-3H3,(H2,20,22). The summed E-state index contributed by atoms with van der Waals surface area (Å²) in [4.78, 5) is 21.0. The summed E-state index contributed by atoms with van der Waals surface area (Å²) in [7, 11) is 0. The molecule has 1 aromatic carbocycles. The highest BCUT2D eigenvalue weighted by atomic mass is 16.7. The number of ether oxygens (including phenoxy) is 1. The van der Waals surface area contributed by atoms with Gasteiger partial charge in [0.2, 0.25) is 0 Å². The van der Waals surface area contributed by atoms with Crippen molar-refractivity contribution in [1.29, 1.82) is 10.7 Å². The van der Waals surface area contributed by atoms with Crippen LogP contribution in [0.15, 0.2) is 36.7 Å². The maximum Gasteiger partial charge on any atom is 0.362 e. The van der Waals surface area contributed by atoms with Crippen LogP contribution in [-0.4, -0.2) is 22.9 Å². The lowest BCUT2D eigenvalue weighted by atomic mass is 10.1. The monoisotopic (exact) mass is 338 g/mol. The number of benzene rings is 1. The maximum atomic E-state index is 12.1. The SMILES string of the molecule is Cc1cnccc1C(=N)NOC(=O)c1ccc(OC(C)C)c(C#N)c1. The van der Waals surface area contributed by atoms with Gasteiger partial charge in [-0.15, -0.1) is 0 Å². The summed E-state index contributed by atoms with van der Waals surface area (Å²) in [5.41, 5.74) is 4.08. The van der Waals surface area contributed by atoms with Gasteiger partial charge in [-0.1, -0.05) is 0 Å². The molecule has 0 bridgehead atoms. The fraction of sp³-hybridized carbons (Fsp3) is 0.222. The molecule has 25 heavy (non-hydrogen) atoms. The van der Waals surface area contributed by atoms with Crippen LogP contribution in [0, 0.1) is 23.7 Å². The van der Waals surface area contributed by atoms with Crippen LogP contribution in [0.4, 0.5) is 0 Å². The van der Waals surface area contributed by atoms with Crippen LogP contribution in [-0.2, 0) is 4.84 Å². The Labute approximate surface area is 145 Å². The molecule has 2 N–H and O–H groups in total. The van der Waals surface area contributed by atoms with Crippen molar-refractivity contribution in [3.8, 4) is 11.8 Å². The average molecular weight is 338 g/mol. The zero-order valence-corrected chi connectivity index (χ0v) is 14.2. The van der Waals surface area contributed by atoms with Gasteiger partial charge in [0.1, 0.15) is 11.8 Å². The van der Waals surface area contributed by atoms with E-state index >= 15 is 0 Å². The van der Waals surface area contributed by atoms with Gasteiger partial charge in [0.05, 0.1) is 17.2 Å². The Hall–Kier alpha value is -3.40. The quantitative estimate of drug-likeness (QED) is 0.504. The molecular weight excluding hydrogens is 320 g/mol. The van der Waals surface area contributed by atoms with E-state index in [1.165, 1.54) is 12.1 Å². The van der Waals surface area contributed by atoms with Crippen LogP contribution in [0.1, 0.15) is 40.9 Å². The number of aryl methyl sites for hydroxylation is 1. The first-order valence-electron chi connectivity index (χ1n) is 7.60. The highest BCUT2D eigenvalue weighted by Gasteiger charge is 2.14. The Morgan fingerprint density at radius 1 is 1.36 bits per heavy atom. The third-order valence-electron chi connectivity index (χ3n) is 3.23. The van der Waals surface area contributed by atoms with Crippen molar-refractivity contribution >= 4 is 11.8 Å². The summed E-state index contributed by atoms with van der Waals surface area (Å²) in [6.07, 6.45) is 3.07. The maximum absolute atomic E-state index is 12.1. The van der Waals surface area contributed by atoms with Gasteiger partial charge < -0.3 is 9.57 Å². The molecular formula is C18H18N4O3. The molecule has 0 amide bonds. The zero-order valence-electron chi connectivity index (χ0n) is 14.2. The molecule has 128 valence electrons. The first-order chi connectivity index (χ1) is 11.9. The number of carbonyl (C=O) groups is 1. The van der Waals surface area contributed by atoms with Crippen LogP contribution in [0.5, 0.6) is 5.75 Å². The Morgan fingerprint density at radius 3 is 2.76 bits per heavy atom. The minimum Gasteiger partial charge on any atom is -0.490 e. The molecule has 0 aliphatic rings. The largest absolute Gasteiger partial charge is 0.490 e. The normalized spacial score (nSPS) is 10.0. The van der Waals surface area contributed by atoms with Crippen molar-refractivity contribution < 1.29 is 14.4 Å². The molecule has 1 heterocycles. The van der Waals surface area contributed by atoms with Crippen LogP contribution in [0.25, 0.3) is 0 Å². The number of hydroxylamine groups is 1. The molecule has 2 rings (SSSR count). The van der Waals surface area contributed by atoms with Crippen molar-refractivity contribution in [2.75, 3.05) is 0 Å². The highest BCUT2D eigenvalue weighted by Crippen LogP contribution is 2.21. The number of hydrogen-bond acceptors (Lipinski definition) is 6. The number of amidine groups is 1. The number of hydrogen-bond donors (Lipinski definition) is 2. The van der Waals surface area contributed by atoms with Gasteiger partial charge in [0.25, 0.3) is 0 Å². The minimum atomic E-state index is -0.705. The number of rotatable bonds is 4. The predicted molar refractivity (Wildman–Crippen MR) is 91.3 cm³/mol. The first kappa shape index (κ1) is 17.9. The molecule has 0 spiro atoms. The summed E-state index contributed by atoms with van der Waals surface area (Å²) in [6, 6.07) is 8.08. The summed E-state index contributed by atoms with van der Waals surface area (Å²) < 4.78 is 5.51. The van der Waals surface area contributed by atoms with Crippen LogP contribution in [0.3, 0.4) is 0 Å². The van der Waals surface area contributed by atoms with Crippen molar-refractivity contribution in [2.45, 2.75) is 26.9 Å². The molecule has 0 saturated heterocycles. The Bertz CT molecular complexity index is 840. The van der Waals surface area contributed by atoms with Crippen molar-refractivity contribution in [3.63, 3.8) is 0 Å². The molecule has 0 saturated carbocycles. The molecule has 0 aliphatic heterocycles. The first-order valence-corrected chi connectivity index (χ1v) is 7.60. The Balaban J connectivity index is 2.07. The van der Waals surface area contributed by atoms with Crippen LogP contribution < -0.4 is 10.2 Å². The lowest BCUT2D eigenvalue weighted by Crippen LogP contribution is -2.27. The van der Waals surface area contributed by atoms with Gasteiger partial charge in [-0.2, -0.15) is 10.7 Å². The summed E-state index contributed by atoms with van der Waals surface area (Å²) in [5.74, 6) is -0.361. The molecule has 0 radical (unpaired) electrons. The van der Waals surface area contributed by atoms with Crippen LogP contribution >= 0.6 is 0 Å². The van der Waals surface area contributed by atoms with E-state index in [4.69, 9.17) is 15.0 Å². The van der Waals surface area contributed by atoms with E-state index in [2.05, 4.69) is 10.5 Å². The van der Waals surface area contributed by atoms with Gasteiger partial charge in [-0.3, -0.25) is 10.4 Å². The lowest BCUT2D eigenvalue weighted by molar-refractivity contribution is 0.0386. The van der Waals surface area contributed by atoms with Gasteiger partial charge in [0, 0.05) is 18.0 Å². The molecule has 0 aliphatic carbocycles. The van der Waals surface area contributed by atoms with Gasteiger partial charge in [0.15, 0.2) is 5.84 Å². The number of nitriles is 1. The Morgan fingerprint density at radius 2 is 2.12 bits per heavy atom. The van der Waals surface area contributed by atoms with Crippen LogP contribution in [0.2, 0.25) is 0 Å². The molecule has 0 atom stereocenters. The second-order valence-electron chi connectivity index (χ2n) is 5.55. The van der Waals surface area contributed by atoms with Crippen molar-refractivity contribution in [3.05, 3.63) is 58.9 Å². The van der Waals surface area contributed by atoms with E-state index in [9.17, 15) is 10.1 Å². The second-order valence-corrected chi connectivity index (χ2v) is 5.55. The number of aromatic nitrogens is 1. The summed E-state index contributed by atoms with van der Waals surface area (Å²) in [5, 5.41) is 17.1. The average Bonchev–Trinajstić information content (AvgIpc) is 2.59. The van der Waals surface area contributed by atoms with E-state index in [-0.39, 0.29) is 23.1 Å². The predicted octanol–water partition coefficient (Wildman–Crippen LogP) is 2.74. The Kier molecular flexibility index (Phi) is 5.69. The van der Waals surface area contributed by atoms with Crippen molar-refractivity contribution in [1.82, 2.24) is 10.5 Å². The smallest absolute Gasteiger partial charge is 0.362 e. The van der Waals surface area contributed by atoms with E-state index in [0.717, 1.165) is 5.56 Å². The van der Waals surface area contributed by atoms with Gasteiger partial charge >= 0.3 is 5.97 Å². The summed E-state index contributed by atoms with van der Waals surface area (Å²) in [6.45, 7) is 5.49.